The Hall–Kier alpha value is -2.34. The molecule has 180 valence electrons. The van der Waals surface area contributed by atoms with Crippen LogP contribution in [0.2, 0.25) is 0 Å². The number of carbonyl (C=O) groups excluding carboxylic acids is 2. The van der Waals surface area contributed by atoms with Crippen molar-refractivity contribution in [2.75, 3.05) is 30.8 Å². The number of carbonyl (C=O) groups is 2. The fourth-order valence-electron chi connectivity index (χ4n) is 3.40. The van der Waals surface area contributed by atoms with E-state index in [0.717, 1.165) is 19.7 Å². The third kappa shape index (κ3) is 7.60. The summed E-state index contributed by atoms with van der Waals surface area (Å²) in [7, 11) is -2.19. The normalized spacial score (nSPS) is 12.0. The minimum Gasteiger partial charge on any atom is -0.497 e. The minimum absolute atomic E-state index is 0.135. The second kappa shape index (κ2) is 12.2. The summed E-state index contributed by atoms with van der Waals surface area (Å²) in [5.74, 6) is -0.126. The molecule has 0 aliphatic heterocycles. The number of sulfonamides is 1. The smallest absolute Gasteiger partial charge is 0.244 e. The highest BCUT2D eigenvalue weighted by Crippen LogP contribution is 2.22. The molecule has 0 spiro atoms. The van der Waals surface area contributed by atoms with Gasteiger partial charge in [0.15, 0.2) is 0 Å². The van der Waals surface area contributed by atoms with E-state index in [0.29, 0.717) is 24.4 Å². The van der Waals surface area contributed by atoms with Crippen molar-refractivity contribution in [1.82, 2.24) is 10.2 Å². The molecule has 0 unspecified atom stereocenters. The van der Waals surface area contributed by atoms with Crippen LogP contribution in [-0.4, -0.2) is 57.6 Å². The Bertz CT molecular complexity index is 1060. The first-order chi connectivity index (χ1) is 15.6. The van der Waals surface area contributed by atoms with Crippen molar-refractivity contribution in [3.63, 3.8) is 0 Å². The van der Waals surface area contributed by atoms with Crippen molar-refractivity contribution < 1.29 is 22.7 Å². The van der Waals surface area contributed by atoms with Crippen molar-refractivity contribution >= 4 is 50.1 Å². The predicted octanol–water partition coefficient (Wildman–Crippen LogP) is 3.01. The van der Waals surface area contributed by atoms with Crippen molar-refractivity contribution in [3.8, 4) is 5.75 Å². The average molecular weight is 587 g/mol. The first-order valence-corrected chi connectivity index (χ1v) is 13.5. The molecule has 8 nitrogen and oxygen atoms in total. The van der Waals surface area contributed by atoms with Crippen molar-refractivity contribution in [2.24, 2.45) is 0 Å². The Morgan fingerprint density at radius 3 is 2.33 bits per heavy atom. The number of nitrogens with one attached hydrogen (secondary N) is 1. The van der Waals surface area contributed by atoms with Gasteiger partial charge in [-0.05, 0) is 77.9 Å². The Morgan fingerprint density at radius 2 is 1.79 bits per heavy atom. The molecule has 33 heavy (non-hydrogen) atoms. The molecule has 2 aromatic carbocycles. The number of rotatable bonds is 11. The van der Waals surface area contributed by atoms with Crippen LogP contribution in [0.25, 0.3) is 0 Å². The zero-order chi connectivity index (χ0) is 24.6. The van der Waals surface area contributed by atoms with E-state index < -0.39 is 28.5 Å². The van der Waals surface area contributed by atoms with Gasteiger partial charge < -0.3 is 15.0 Å². The molecule has 1 atom stereocenters. The van der Waals surface area contributed by atoms with Crippen LogP contribution >= 0.6 is 22.6 Å². The molecule has 2 rings (SSSR count). The van der Waals surface area contributed by atoms with Crippen LogP contribution in [0.3, 0.4) is 0 Å². The second-order valence-corrected chi connectivity index (χ2v) is 10.6. The molecular weight excluding hydrogens is 557 g/mol. The van der Waals surface area contributed by atoms with E-state index in [1.54, 1.807) is 56.5 Å². The zero-order valence-electron chi connectivity index (χ0n) is 19.2. The van der Waals surface area contributed by atoms with Gasteiger partial charge in [0.05, 0.1) is 19.1 Å². The summed E-state index contributed by atoms with van der Waals surface area (Å²) in [4.78, 5) is 27.7. The van der Waals surface area contributed by atoms with Crippen LogP contribution < -0.4 is 14.4 Å². The Balaban J connectivity index is 2.43. The van der Waals surface area contributed by atoms with E-state index in [1.165, 1.54) is 4.90 Å². The standard InChI is InChI=1S/C23H30IN3O5S/c1-5-21(23(29)25-6-2)26(15-17-8-7-9-20(14-17)32-3)22(28)16-27(33(4,30)31)19-12-10-18(24)11-13-19/h7-14,21H,5-6,15-16H2,1-4H3,(H,25,29)/t21-/m1/s1. The highest BCUT2D eigenvalue weighted by atomic mass is 127. The van der Waals surface area contributed by atoms with Gasteiger partial charge in [0.1, 0.15) is 18.3 Å². The molecule has 2 aromatic rings. The first kappa shape index (κ1) is 26.9. The minimum atomic E-state index is -3.74. The Labute approximate surface area is 209 Å². The van der Waals surface area contributed by atoms with Crippen LogP contribution in [0, 0.1) is 3.57 Å². The van der Waals surface area contributed by atoms with Gasteiger partial charge in [0.2, 0.25) is 21.8 Å². The van der Waals surface area contributed by atoms with E-state index in [9.17, 15) is 18.0 Å². The first-order valence-electron chi connectivity index (χ1n) is 10.5. The molecule has 10 heteroatoms. The molecule has 2 amide bonds. The number of nitrogens with zero attached hydrogens (tertiary/aromatic N) is 2. The SMILES string of the molecule is CCNC(=O)[C@@H](CC)N(Cc1cccc(OC)c1)C(=O)CN(c1ccc(I)cc1)S(C)(=O)=O. The number of benzene rings is 2. The zero-order valence-corrected chi connectivity index (χ0v) is 22.2. The maximum atomic E-state index is 13.5. The van der Waals surface area contributed by atoms with E-state index in [2.05, 4.69) is 27.9 Å². The molecule has 0 heterocycles. The maximum Gasteiger partial charge on any atom is 0.244 e. The van der Waals surface area contributed by atoms with Gasteiger partial charge in [0.25, 0.3) is 0 Å². The largest absolute Gasteiger partial charge is 0.497 e. The van der Waals surface area contributed by atoms with Gasteiger partial charge in [-0.1, -0.05) is 19.1 Å². The maximum absolute atomic E-state index is 13.5. The lowest BCUT2D eigenvalue weighted by Gasteiger charge is -2.32. The fourth-order valence-corrected chi connectivity index (χ4v) is 4.61. The van der Waals surface area contributed by atoms with Gasteiger partial charge in [-0.3, -0.25) is 13.9 Å². The van der Waals surface area contributed by atoms with Crippen LogP contribution in [0.4, 0.5) is 5.69 Å². The summed E-state index contributed by atoms with van der Waals surface area (Å²) < 4.78 is 32.4. The molecule has 0 bridgehead atoms. The highest BCUT2D eigenvalue weighted by Gasteiger charge is 2.31. The van der Waals surface area contributed by atoms with E-state index in [1.807, 2.05) is 13.0 Å². The van der Waals surface area contributed by atoms with E-state index >= 15 is 0 Å². The number of halogens is 1. The quantitative estimate of drug-likeness (QED) is 0.408. The molecule has 0 fully saturated rings. The van der Waals surface area contributed by atoms with Gasteiger partial charge in [-0.15, -0.1) is 0 Å². The van der Waals surface area contributed by atoms with Gasteiger partial charge >= 0.3 is 0 Å². The summed E-state index contributed by atoms with van der Waals surface area (Å²) in [6.45, 7) is 3.77. The number of anilines is 1. The number of hydrogen-bond donors (Lipinski definition) is 1. The molecule has 0 aliphatic rings. The average Bonchev–Trinajstić information content (AvgIpc) is 2.77. The van der Waals surface area contributed by atoms with Crippen molar-refractivity contribution in [2.45, 2.75) is 32.9 Å². The number of methoxy groups -OCH3 is 1. The number of ether oxygens (including phenoxy) is 1. The lowest BCUT2D eigenvalue weighted by atomic mass is 10.1. The second-order valence-electron chi connectivity index (χ2n) is 7.44. The topological polar surface area (TPSA) is 96.0 Å². The Morgan fingerprint density at radius 1 is 1.12 bits per heavy atom. The van der Waals surface area contributed by atoms with Gasteiger partial charge in [-0.2, -0.15) is 0 Å². The molecule has 0 saturated heterocycles. The highest BCUT2D eigenvalue weighted by molar-refractivity contribution is 14.1. The van der Waals surface area contributed by atoms with Crippen LogP contribution in [-0.2, 0) is 26.2 Å². The monoisotopic (exact) mass is 587 g/mol. The molecule has 0 saturated carbocycles. The van der Waals surface area contributed by atoms with Crippen LogP contribution in [0.1, 0.15) is 25.8 Å². The lowest BCUT2D eigenvalue weighted by Crippen LogP contribution is -2.52. The van der Waals surface area contributed by atoms with Crippen molar-refractivity contribution in [3.05, 3.63) is 57.7 Å². The van der Waals surface area contributed by atoms with Crippen molar-refractivity contribution in [1.29, 1.82) is 0 Å². The number of hydrogen-bond acceptors (Lipinski definition) is 5. The van der Waals surface area contributed by atoms with E-state index in [-0.39, 0.29) is 12.5 Å². The fraction of sp³-hybridized carbons (Fsp3) is 0.391. The van der Waals surface area contributed by atoms with Gasteiger partial charge in [-0.25, -0.2) is 8.42 Å². The molecule has 0 radical (unpaired) electrons. The van der Waals surface area contributed by atoms with Gasteiger partial charge in [0, 0.05) is 16.7 Å². The number of amides is 2. The molecule has 0 aromatic heterocycles. The van der Waals surface area contributed by atoms with Crippen LogP contribution in [0.15, 0.2) is 48.5 Å². The third-order valence-electron chi connectivity index (χ3n) is 5.02. The summed E-state index contributed by atoms with van der Waals surface area (Å²) in [5, 5.41) is 2.77. The van der Waals surface area contributed by atoms with Crippen LogP contribution in [0.5, 0.6) is 5.75 Å². The predicted molar refractivity (Wildman–Crippen MR) is 138 cm³/mol. The van der Waals surface area contributed by atoms with E-state index in [4.69, 9.17) is 4.74 Å². The summed E-state index contributed by atoms with van der Waals surface area (Å²) >= 11 is 2.13. The molecular formula is C23H30IN3O5S. The Kier molecular flexibility index (Phi) is 9.96. The molecule has 1 N–H and O–H groups in total. The summed E-state index contributed by atoms with van der Waals surface area (Å²) in [5.41, 5.74) is 1.16. The molecule has 0 aliphatic carbocycles. The summed E-state index contributed by atoms with van der Waals surface area (Å²) in [6, 6.07) is 13.3. The number of likely N-dealkylation sites (N-methyl/N-ethyl adjacent to an activating group) is 1. The third-order valence-corrected chi connectivity index (χ3v) is 6.88. The summed E-state index contributed by atoms with van der Waals surface area (Å²) in [6.07, 6.45) is 1.44. The lowest BCUT2D eigenvalue weighted by molar-refractivity contribution is -0.140.